The van der Waals surface area contributed by atoms with Crippen LogP contribution >= 0.6 is 0 Å². The van der Waals surface area contributed by atoms with E-state index in [1.54, 1.807) is 6.08 Å². The highest BCUT2D eigenvalue weighted by Gasteiger charge is 2.26. The Labute approximate surface area is 167 Å². The molecule has 0 atom stereocenters. The van der Waals surface area contributed by atoms with Crippen LogP contribution in [0.2, 0.25) is 0 Å². The molecule has 1 fully saturated rings. The zero-order valence-corrected chi connectivity index (χ0v) is 16.6. The second-order valence-corrected chi connectivity index (χ2v) is 7.61. The Kier molecular flexibility index (Phi) is 6.64. The number of nitrogens with one attached hydrogen (secondary N) is 1. The molecule has 1 aliphatic rings. The summed E-state index contributed by atoms with van der Waals surface area (Å²) < 4.78 is 0. The lowest BCUT2D eigenvalue weighted by molar-refractivity contribution is -0.130. The van der Waals surface area contributed by atoms with Crippen LogP contribution in [0.15, 0.2) is 60.7 Å². The second kappa shape index (κ2) is 9.36. The molecule has 146 valence electrons. The summed E-state index contributed by atoms with van der Waals surface area (Å²) in [5.41, 5.74) is 3.13. The van der Waals surface area contributed by atoms with E-state index in [1.165, 1.54) is 5.56 Å². The summed E-state index contributed by atoms with van der Waals surface area (Å²) >= 11 is 0. The molecule has 4 heteroatoms. The van der Waals surface area contributed by atoms with Gasteiger partial charge in [-0.05, 0) is 48.1 Å². The van der Waals surface area contributed by atoms with Crippen molar-refractivity contribution in [1.82, 2.24) is 4.90 Å². The monoisotopic (exact) mass is 376 g/mol. The molecule has 0 unspecified atom stereocenters. The number of nitrogens with zero attached hydrogens (tertiary/aromatic N) is 1. The molecule has 1 heterocycles. The first-order valence-electron chi connectivity index (χ1n) is 9.96. The molecule has 0 radical (unpaired) electrons. The number of amides is 2. The van der Waals surface area contributed by atoms with Gasteiger partial charge in [-0.25, -0.2) is 0 Å². The average molecular weight is 377 g/mol. The minimum Gasteiger partial charge on any atom is -0.339 e. The number of benzene rings is 2. The molecule has 3 rings (SSSR count). The predicted molar refractivity (Wildman–Crippen MR) is 114 cm³/mol. The van der Waals surface area contributed by atoms with Crippen LogP contribution < -0.4 is 5.32 Å². The van der Waals surface area contributed by atoms with Crippen molar-refractivity contribution in [2.45, 2.75) is 32.6 Å². The van der Waals surface area contributed by atoms with E-state index in [0.29, 0.717) is 31.8 Å². The zero-order valence-electron chi connectivity index (χ0n) is 16.6. The Morgan fingerprint density at radius 3 is 2.25 bits per heavy atom. The van der Waals surface area contributed by atoms with Gasteiger partial charge in [-0.3, -0.25) is 9.59 Å². The van der Waals surface area contributed by atoms with Gasteiger partial charge in [-0.15, -0.1) is 0 Å². The van der Waals surface area contributed by atoms with Crippen molar-refractivity contribution < 1.29 is 9.59 Å². The SMILES string of the molecule is CC(C)c1ccc(/C=C/C(=O)N2CCC(C(=O)Nc3ccccc3)CC2)cc1. The molecule has 0 aliphatic carbocycles. The van der Waals surface area contributed by atoms with Crippen LogP contribution in [-0.4, -0.2) is 29.8 Å². The van der Waals surface area contributed by atoms with Gasteiger partial charge < -0.3 is 10.2 Å². The first kappa shape index (κ1) is 19.9. The molecule has 0 spiro atoms. The van der Waals surface area contributed by atoms with Gasteiger partial charge in [0.05, 0.1) is 0 Å². The van der Waals surface area contributed by atoms with E-state index in [0.717, 1.165) is 11.3 Å². The predicted octanol–water partition coefficient (Wildman–Crippen LogP) is 4.70. The summed E-state index contributed by atoms with van der Waals surface area (Å²) in [7, 11) is 0. The molecule has 0 aromatic heterocycles. The topological polar surface area (TPSA) is 49.4 Å². The van der Waals surface area contributed by atoms with Crippen LogP contribution in [0.5, 0.6) is 0 Å². The van der Waals surface area contributed by atoms with Gasteiger partial charge in [0.1, 0.15) is 0 Å². The number of hydrogen-bond donors (Lipinski definition) is 1. The molecule has 1 N–H and O–H groups in total. The van der Waals surface area contributed by atoms with Crippen molar-refractivity contribution in [3.63, 3.8) is 0 Å². The number of para-hydroxylation sites is 1. The molecular formula is C24H28N2O2. The third-order valence-electron chi connectivity index (χ3n) is 5.24. The van der Waals surface area contributed by atoms with E-state index in [2.05, 4.69) is 31.3 Å². The summed E-state index contributed by atoms with van der Waals surface area (Å²) in [6.45, 7) is 5.56. The highest BCUT2D eigenvalue weighted by molar-refractivity contribution is 5.94. The fraction of sp³-hybridized carbons (Fsp3) is 0.333. The lowest BCUT2D eigenvalue weighted by Gasteiger charge is -2.30. The highest BCUT2D eigenvalue weighted by Crippen LogP contribution is 2.20. The number of hydrogen-bond acceptors (Lipinski definition) is 2. The summed E-state index contributed by atoms with van der Waals surface area (Å²) in [5, 5.41) is 2.96. The number of carbonyl (C=O) groups is 2. The largest absolute Gasteiger partial charge is 0.339 e. The fourth-order valence-corrected chi connectivity index (χ4v) is 3.39. The number of piperidine rings is 1. The van der Waals surface area contributed by atoms with Gasteiger partial charge in [0.2, 0.25) is 11.8 Å². The number of rotatable bonds is 5. The van der Waals surface area contributed by atoms with Gasteiger partial charge in [0, 0.05) is 30.8 Å². The first-order chi connectivity index (χ1) is 13.5. The second-order valence-electron chi connectivity index (χ2n) is 7.61. The van der Waals surface area contributed by atoms with E-state index >= 15 is 0 Å². The van der Waals surface area contributed by atoms with Crippen molar-refractivity contribution in [1.29, 1.82) is 0 Å². The van der Waals surface area contributed by atoms with Crippen molar-refractivity contribution in [2.24, 2.45) is 5.92 Å². The standard InChI is InChI=1S/C24H28N2O2/c1-18(2)20-11-8-19(9-12-20)10-13-23(27)26-16-14-21(15-17-26)24(28)25-22-6-4-3-5-7-22/h3-13,18,21H,14-17H2,1-2H3,(H,25,28)/b13-10+. The van der Waals surface area contributed by atoms with Crippen LogP contribution in [0.1, 0.15) is 43.7 Å². The number of anilines is 1. The average Bonchev–Trinajstić information content (AvgIpc) is 2.73. The van der Waals surface area contributed by atoms with Gasteiger partial charge in [-0.2, -0.15) is 0 Å². The van der Waals surface area contributed by atoms with Gasteiger partial charge in [-0.1, -0.05) is 56.3 Å². The van der Waals surface area contributed by atoms with Crippen LogP contribution in [0.3, 0.4) is 0 Å². The Bertz CT molecular complexity index is 817. The van der Waals surface area contributed by atoms with E-state index in [4.69, 9.17) is 0 Å². The quantitative estimate of drug-likeness (QED) is 0.769. The summed E-state index contributed by atoms with van der Waals surface area (Å²) in [6, 6.07) is 17.8. The van der Waals surface area contributed by atoms with Crippen molar-refractivity contribution in [3.8, 4) is 0 Å². The molecular weight excluding hydrogens is 348 g/mol. The summed E-state index contributed by atoms with van der Waals surface area (Å²) in [4.78, 5) is 26.7. The molecule has 2 aromatic rings. The van der Waals surface area contributed by atoms with E-state index in [-0.39, 0.29) is 17.7 Å². The lowest BCUT2D eigenvalue weighted by Crippen LogP contribution is -2.40. The summed E-state index contributed by atoms with van der Waals surface area (Å²) in [5.74, 6) is 0.505. The summed E-state index contributed by atoms with van der Waals surface area (Å²) in [6.07, 6.45) is 4.89. The van der Waals surface area contributed by atoms with Crippen molar-refractivity contribution in [2.75, 3.05) is 18.4 Å². The smallest absolute Gasteiger partial charge is 0.246 e. The molecule has 1 aliphatic heterocycles. The zero-order chi connectivity index (χ0) is 19.9. The third-order valence-corrected chi connectivity index (χ3v) is 5.24. The van der Waals surface area contributed by atoms with E-state index in [9.17, 15) is 9.59 Å². The Balaban J connectivity index is 1.48. The molecule has 0 bridgehead atoms. The first-order valence-corrected chi connectivity index (χ1v) is 9.96. The van der Waals surface area contributed by atoms with Gasteiger partial charge in [0.25, 0.3) is 0 Å². The fourth-order valence-electron chi connectivity index (χ4n) is 3.39. The maximum absolute atomic E-state index is 12.5. The maximum atomic E-state index is 12.5. The molecule has 2 amide bonds. The van der Waals surface area contributed by atoms with Gasteiger partial charge >= 0.3 is 0 Å². The minimum absolute atomic E-state index is 0.00912. The van der Waals surface area contributed by atoms with Crippen molar-refractivity contribution in [3.05, 3.63) is 71.8 Å². The molecule has 1 saturated heterocycles. The lowest BCUT2D eigenvalue weighted by atomic mass is 9.95. The van der Waals surface area contributed by atoms with Crippen LogP contribution in [0.4, 0.5) is 5.69 Å². The van der Waals surface area contributed by atoms with Crippen LogP contribution in [0.25, 0.3) is 6.08 Å². The normalized spacial score (nSPS) is 15.2. The molecule has 4 nitrogen and oxygen atoms in total. The van der Waals surface area contributed by atoms with Gasteiger partial charge in [0.15, 0.2) is 0 Å². The third kappa shape index (κ3) is 5.32. The van der Waals surface area contributed by atoms with E-state index in [1.807, 2.05) is 53.4 Å². The van der Waals surface area contributed by atoms with Crippen molar-refractivity contribution >= 4 is 23.6 Å². The molecule has 28 heavy (non-hydrogen) atoms. The number of carbonyl (C=O) groups excluding carboxylic acids is 2. The molecule has 0 saturated carbocycles. The molecule has 2 aromatic carbocycles. The van der Waals surface area contributed by atoms with E-state index < -0.39 is 0 Å². The number of likely N-dealkylation sites (tertiary alicyclic amines) is 1. The minimum atomic E-state index is -0.0446. The Morgan fingerprint density at radius 2 is 1.64 bits per heavy atom. The van der Waals surface area contributed by atoms with Crippen LogP contribution in [0, 0.1) is 5.92 Å². The Hall–Kier alpha value is -2.88. The van der Waals surface area contributed by atoms with Crippen LogP contribution in [-0.2, 0) is 9.59 Å². The Morgan fingerprint density at radius 1 is 1.00 bits per heavy atom. The highest BCUT2D eigenvalue weighted by atomic mass is 16.2. The maximum Gasteiger partial charge on any atom is 0.246 e.